The molecule has 1 aliphatic heterocycles. The summed E-state index contributed by atoms with van der Waals surface area (Å²) in [6, 6.07) is -0.574. The lowest BCUT2D eigenvalue weighted by molar-refractivity contribution is -0.126. The van der Waals surface area contributed by atoms with Gasteiger partial charge in [-0.15, -0.1) is 0 Å². The predicted molar refractivity (Wildman–Crippen MR) is 78.0 cm³/mol. The van der Waals surface area contributed by atoms with E-state index in [1.165, 1.54) is 6.42 Å². The van der Waals surface area contributed by atoms with Crippen LogP contribution in [0, 0.1) is 17.8 Å². The third-order valence-corrected chi connectivity index (χ3v) is 4.27. The van der Waals surface area contributed by atoms with Crippen LogP contribution in [-0.2, 0) is 19.1 Å². The SMILES string of the molecule is CCC1OCC(=O)C1NC(=O)[CH]CC(C)(C)C(C)C(N)=O. The second kappa shape index (κ2) is 7.02. The van der Waals surface area contributed by atoms with Crippen molar-refractivity contribution in [3.63, 3.8) is 0 Å². The number of amides is 2. The summed E-state index contributed by atoms with van der Waals surface area (Å²) in [7, 11) is 0. The minimum absolute atomic E-state index is 0.0493. The molecule has 3 N–H and O–H groups in total. The van der Waals surface area contributed by atoms with Crippen molar-refractivity contribution in [2.24, 2.45) is 17.1 Å². The number of carbonyl (C=O) groups excluding carboxylic acids is 3. The highest BCUT2D eigenvalue weighted by molar-refractivity contribution is 5.94. The van der Waals surface area contributed by atoms with Crippen LogP contribution >= 0.6 is 0 Å². The molecule has 0 aromatic heterocycles. The highest BCUT2D eigenvalue weighted by Gasteiger charge is 2.36. The molecular weight excluding hydrogens is 272 g/mol. The van der Waals surface area contributed by atoms with E-state index in [4.69, 9.17) is 10.5 Å². The van der Waals surface area contributed by atoms with Gasteiger partial charge in [0.25, 0.3) is 0 Å². The molecular formula is C15H25N2O4. The lowest BCUT2D eigenvalue weighted by Crippen LogP contribution is -2.45. The van der Waals surface area contributed by atoms with Crippen LogP contribution in [0.1, 0.15) is 40.5 Å². The number of primary amides is 1. The third-order valence-electron chi connectivity index (χ3n) is 4.27. The summed E-state index contributed by atoms with van der Waals surface area (Å²) >= 11 is 0. The Bertz CT molecular complexity index is 420. The summed E-state index contributed by atoms with van der Waals surface area (Å²) in [5.74, 6) is -1.16. The average molecular weight is 297 g/mol. The van der Waals surface area contributed by atoms with Gasteiger partial charge < -0.3 is 15.8 Å². The number of hydrogen-bond donors (Lipinski definition) is 2. The van der Waals surface area contributed by atoms with Crippen LogP contribution in [0.4, 0.5) is 0 Å². The van der Waals surface area contributed by atoms with Gasteiger partial charge in [-0.3, -0.25) is 14.4 Å². The van der Waals surface area contributed by atoms with Crippen LogP contribution in [-0.4, -0.2) is 36.4 Å². The van der Waals surface area contributed by atoms with Gasteiger partial charge in [-0.1, -0.05) is 27.7 Å². The molecule has 2 amide bonds. The zero-order chi connectivity index (χ0) is 16.2. The van der Waals surface area contributed by atoms with Crippen molar-refractivity contribution in [3.8, 4) is 0 Å². The predicted octanol–water partition coefficient (Wildman–Crippen LogP) is 0.591. The van der Waals surface area contributed by atoms with Gasteiger partial charge in [-0.25, -0.2) is 0 Å². The molecule has 119 valence electrons. The number of hydrogen-bond acceptors (Lipinski definition) is 4. The van der Waals surface area contributed by atoms with Crippen molar-refractivity contribution in [3.05, 3.63) is 6.42 Å². The van der Waals surface area contributed by atoms with E-state index in [2.05, 4.69) is 5.32 Å². The number of rotatable bonds is 7. The lowest BCUT2D eigenvalue weighted by Gasteiger charge is -2.29. The fourth-order valence-electron chi connectivity index (χ4n) is 2.24. The van der Waals surface area contributed by atoms with Crippen molar-refractivity contribution in [1.29, 1.82) is 0 Å². The molecule has 0 saturated carbocycles. The minimum Gasteiger partial charge on any atom is -0.369 e. The Balaban J connectivity index is 2.51. The number of ether oxygens (including phenoxy) is 1. The summed E-state index contributed by atoms with van der Waals surface area (Å²) in [4.78, 5) is 34.9. The second-order valence-electron chi connectivity index (χ2n) is 6.23. The Morgan fingerprint density at radius 3 is 2.67 bits per heavy atom. The molecule has 1 radical (unpaired) electrons. The van der Waals surface area contributed by atoms with Crippen LogP contribution in [0.25, 0.3) is 0 Å². The van der Waals surface area contributed by atoms with Crippen molar-refractivity contribution >= 4 is 17.6 Å². The number of ketones is 1. The highest BCUT2D eigenvalue weighted by atomic mass is 16.5. The monoisotopic (exact) mass is 297 g/mol. The maximum Gasteiger partial charge on any atom is 0.224 e. The Morgan fingerprint density at radius 2 is 2.14 bits per heavy atom. The molecule has 6 nitrogen and oxygen atoms in total. The Hall–Kier alpha value is -1.43. The van der Waals surface area contributed by atoms with Gasteiger partial charge in [0.2, 0.25) is 11.8 Å². The Morgan fingerprint density at radius 1 is 1.52 bits per heavy atom. The molecule has 3 unspecified atom stereocenters. The molecule has 1 fully saturated rings. The van der Waals surface area contributed by atoms with Gasteiger partial charge in [0.1, 0.15) is 12.6 Å². The fraction of sp³-hybridized carbons (Fsp3) is 0.733. The highest BCUT2D eigenvalue weighted by Crippen LogP contribution is 2.31. The number of carbonyl (C=O) groups is 3. The van der Waals surface area contributed by atoms with Crippen molar-refractivity contribution in [1.82, 2.24) is 5.32 Å². The quantitative estimate of drug-likeness (QED) is 0.718. The maximum atomic E-state index is 12.0. The van der Waals surface area contributed by atoms with Gasteiger partial charge >= 0.3 is 0 Å². The van der Waals surface area contributed by atoms with Gasteiger partial charge in [0.05, 0.1) is 12.5 Å². The first-order chi connectivity index (χ1) is 9.69. The number of Topliss-reactive ketones (excluding diaryl/α,β-unsaturated/α-hetero) is 1. The largest absolute Gasteiger partial charge is 0.369 e. The standard InChI is InChI=1S/C15H25N2O4/c1-5-11-13(10(18)8-21-11)17-12(19)6-7-15(3,4)9(2)14(16)20/h6,9,11,13H,5,7-8H2,1-4H3,(H2,16,20)(H,17,19). The van der Waals surface area contributed by atoms with Crippen molar-refractivity contribution in [2.45, 2.75) is 52.7 Å². The van der Waals surface area contributed by atoms with E-state index >= 15 is 0 Å². The molecule has 6 heteroatoms. The smallest absolute Gasteiger partial charge is 0.224 e. The summed E-state index contributed by atoms with van der Waals surface area (Å²) < 4.78 is 5.30. The zero-order valence-corrected chi connectivity index (χ0v) is 13.1. The number of nitrogens with two attached hydrogens (primary N) is 1. The van der Waals surface area contributed by atoms with Gasteiger partial charge in [0.15, 0.2) is 5.78 Å². The van der Waals surface area contributed by atoms with Crippen LogP contribution in [0.5, 0.6) is 0 Å². The second-order valence-corrected chi connectivity index (χ2v) is 6.23. The molecule has 1 saturated heterocycles. The van der Waals surface area contributed by atoms with Gasteiger partial charge in [-0.2, -0.15) is 0 Å². The van der Waals surface area contributed by atoms with E-state index in [0.717, 1.165) is 0 Å². The van der Waals surface area contributed by atoms with Gasteiger partial charge in [0, 0.05) is 5.92 Å². The van der Waals surface area contributed by atoms with Crippen LogP contribution in [0.15, 0.2) is 0 Å². The lowest BCUT2D eigenvalue weighted by atomic mass is 9.76. The van der Waals surface area contributed by atoms with E-state index in [9.17, 15) is 14.4 Å². The maximum absolute atomic E-state index is 12.0. The summed E-state index contributed by atoms with van der Waals surface area (Å²) in [6.45, 7) is 7.46. The normalized spacial score (nSPS) is 23.9. The van der Waals surface area contributed by atoms with E-state index in [1.807, 2.05) is 20.8 Å². The van der Waals surface area contributed by atoms with E-state index in [0.29, 0.717) is 12.8 Å². The van der Waals surface area contributed by atoms with E-state index < -0.39 is 11.5 Å². The molecule has 1 aliphatic rings. The summed E-state index contributed by atoms with van der Waals surface area (Å²) in [5.41, 5.74) is 4.89. The molecule has 0 spiro atoms. The van der Waals surface area contributed by atoms with E-state index in [1.54, 1.807) is 6.92 Å². The van der Waals surface area contributed by atoms with Crippen LogP contribution in [0.2, 0.25) is 0 Å². The molecule has 0 bridgehead atoms. The average Bonchev–Trinajstić information content (AvgIpc) is 2.76. The summed E-state index contributed by atoms with van der Waals surface area (Å²) in [5, 5.41) is 2.69. The van der Waals surface area contributed by atoms with Crippen LogP contribution < -0.4 is 11.1 Å². The third kappa shape index (κ3) is 4.52. The molecule has 21 heavy (non-hydrogen) atoms. The van der Waals surface area contributed by atoms with Gasteiger partial charge in [-0.05, 0) is 18.3 Å². The molecule has 0 aliphatic carbocycles. The first-order valence-corrected chi connectivity index (χ1v) is 7.26. The van der Waals surface area contributed by atoms with Crippen molar-refractivity contribution < 1.29 is 19.1 Å². The fourth-order valence-corrected chi connectivity index (χ4v) is 2.24. The first kappa shape index (κ1) is 17.6. The van der Waals surface area contributed by atoms with Crippen molar-refractivity contribution in [2.75, 3.05) is 6.61 Å². The van der Waals surface area contributed by atoms with E-state index in [-0.39, 0.29) is 36.2 Å². The Kier molecular flexibility index (Phi) is 5.89. The summed E-state index contributed by atoms with van der Waals surface area (Å²) in [6.07, 6.45) is 2.28. The molecule has 1 heterocycles. The topological polar surface area (TPSA) is 98.5 Å². The first-order valence-electron chi connectivity index (χ1n) is 7.26. The minimum atomic E-state index is -0.574. The zero-order valence-electron chi connectivity index (χ0n) is 13.1. The van der Waals surface area contributed by atoms with Crippen LogP contribution in [0.3, 0.4) is 0 Å². The molecule has 1 rings (SSSR count). The number of nitrogens with one attached hydrogen (secondary N) is 1. The molecule has 0 aromatic rings. The molecule has 3 atom stereocenters. The Labute approximate surface area is 125 Å². The molecule has 0 aromatic carbocycles.